The fraction of sp³-hybridized carbons (Fsp3) is 0.286. The summed E-state index contributed by atoms with van der Waals surface area (Å²) in [6.07, 6.45) is 3.22. The lowest BCUT2D eigenvalue weighted by molar-refractivity contribution is -0.113. The number of hydrogen-bond acceptors (Lipinski definition) is 3. The molecule has 0 aromatic heterocycles. The van der Waals surface area contributed by atoms with E-state index < -0.39 is 0 Å². The van der Waals surface area contributed by atoms with Gasteiger partial charge in [-0.05, 0) is 6.92 Å². The molecule has 0 aliphatic carbocycles. The predicted molar refractivity (Wildman–Crippen MR) is 38.9 cm³/mol. The Morgan fingerprint density at radius 2 is 2.45 bits per heavy atom. The minimum Gasteiger partial charge on any atom is -0.267 e. The number of rotatable bonds is 0. The van der Waals surface area contributed by atoms with Gasteiger partial charge >= 0.3 is 0 Å². The molecule has 1 rings (SSSR count). The molecule has 0 spiro atoms. The Bertz CT molecular complexity index is 296. The second-order valence-corrected chi connectivity index (χ2v) is 2.24. The summed E-state index contributed by atoms with van der Waals surface area (Å²) in [7, 11) is 0. The molecule has 0 radical (unpaired) electrons. The number of nitrogens with zero attached hydrogens (tertiary/aromatic N) is 2. The zero-order valence-corrected chi connectivity index (χ0v) is 6.00. The summed E-state index contributed by atoms with van der Waals surface area (Å²) < 4.78 is 0. The van der Waals surface area contributed by atoms with Crippen LogP contribution in [0.1, 0.15) is 13.3 Å². The van der Waals surface area contributed by atoms with Crippen molar-refractivity contribution in [2.24, 2.45) is 9.98 Å². The maximum atomic E-state index is 10.7. The monoisotopic (exact) mass is 150 g/mol. The SMILES string of the molecule is CC1=CC(=O)N=C(N=C=O)C1. The van der Waals surface area contributed by atoms with Gasteiger partial charge in [-0.2, -0.15) is 9.98 Å². The maximum absolute atomic E-state index is 10.7. The highest BCUT2D eigenvalue weighted by Crippen LogP contribution is 2.08. The number of amides is 1. The highest BCUT2D eigenvalue weighted by Gasteiger charge is 2.08. The molecule has 0 aromatic carbocycles. The Labute approximate surface area is 63.3 Å². The lowest BCUT2D eigenvalue weighted by atomic mass is 10.1. The smallest absolute Gasteiger partial charge is 0.267 e. The lowest BCUT2D eigenvalue weighted by Crippen LogP contribution is -2.06. The normalized spacial score (nSPS) is 16.6. The molecule has 0 N–H and O–H groups in total. The van der Waals surface area contributed by atoms with Crippen LogP contribution in [0, 0.1) is 0 Å². The molecule has 0 atom stereocenters. The highest BCUT2D eigenvalue weighted by atomic mass is 16.1. The molecule has 11 heavy (non-hydrogen) atoms. The molecule has 0 unspecified atom stereocenters. The van der Waals surface area contributed by atoms with Crippen LogP contribution >= 0.6 is 0 Å². The van der Waals surface area contributed by atoms with Crippen molar-refractivity contribution in [3.05, 3.63) is 11.6 Å². The predicted octanol–water partition coefficient (Wildman–Crippen LogP) is 0.597. The molecular weight excluding hydrogens is 144 g/mol. The Hall–Kier alpha value is -1.54. The van der Waals surface area contributed by atoms with Gasteiger partial charge in [0.05, 0.1) is 0 Å². The second-order valence-electron chi connectivity index (χ2n) is 2.24. The van der Waals surface area contributed by atoms with Gasteiger partial charge in [-0.25, -0.2) is 4.79 Å². The van der Waals surface area contributed by atoms with E-state index >= 15 is 0 Å². The molecule has 0 saturated heterocycles. The van der Waals surface area contributed by atoms with E-state index in [1.165, 1.54) is 12.2 Å². The minimum atomic E-state index is -0.359. The van der Waals surface area contributed by atoms with E-state index in [2.05, 4.69) is 9.98 Å². The van der Waals surface area contributed by atoms with E-state index in [9.17, 15) is 9.59 Å². The summed E-state index contributed by atoms with van der Waals surface area (Å²) in [4.78, 5) is 27.2. The van der Waals surface area contributed by atoms with E-state index in [-0.39, 0.29) is 11.7 Å². The third-order valence-corrected chi connectivity index (χ3v) is 1.22. The quantitative estimate of drug-likeness (QED) is 0.375. The van der Waals surface area contributed by atoms with Gasteiger partial charge in [-0.15, -0.1) is 0 Å². The third kappa shape index (κ3) is 1.95. The first kappa shape index (κ1) is 7.57. The zero-order valence-electron chi connectivity index (χ0n) is 6.00. The van der Waals surface area contributed by atoms with Gasteiger partial charge in [0.1, 0.15) is 5.84 Å². The Kier molecular flexibility index (Phi) is 2.09. The Balaban J connectivity index is 2.87. The van der Waals surface area contributed by atoms with Gasteiger partial charge < -0.3 is 0 Å². The van der Waals surface area contributed by atoms with Crippen molar-refractivity contribution in [3.8, 4) is 0 Å². The Morgan fingerprint density at radius 3 is 3.00 bits per heavy atom. The van der Waals surface area contributed by atoms with Crippen LogP contribution in [0.25, 0.3) is 0 Å². The Morgan fingerprint density at radius 1 is 1.73 bits per heavy atom. The van der Waals surface area contributed by atoms with Gasteiger partial charge in [0.2, 0.25) is 6.08 Å². The van der Waals surface area contributed by atoms with Crippen LogP contribution < -0.4 is 0 Å². The summed E-state index contributed by atoms with van der Waals surface area (Å²) >= 11 is 0. The summed E-state index contributed by atoms with van der Waals surface area (Å²) in [6, 6.07) is 0. The number of hydrogen-bond donors (Lipinski definition) is 0. The van der Waals surface area contributed by atoms with Gasteiger partial charge in [0, 0.05) is 12.5 Å². The zero-order chi connectivity index (χ0) is 8.27. The van der Waals surface area contributed by atoms with Crippen molar-refractivity contribution in [1.82, 2.24) is 0 Å². The number of dihydropyridines is 1. The average molecular weight is 150 g/mol. The van der Waals surface area contributed by atoms with E-state index in [1.807, 2.05) is 0 Å². The number of aliphatic imine (C=N–C) groups is 2. The molecule has 4 nitrogen and oxygen atoms in total. The largest absolute Gasteiger partial charge is 0.271 e. The van der Waals surface area contributed by atoms with Crippen LogP contribution in [0.4, 0.5) is 0 Å². The van der Waals surface area contributed by atoms with Gasteiger partial charge in [-0.1, -0.05) is 5.57 Å². The van der Waals surface area contributed by atoms with Crippen LogP contribution in [0.5, 0.6) is 0 Å². The van der Waals surface area contributed by atoms with Gasteiger partial charge in [0.25, 0.3) is 5.91 Å². The first-order valence-corrected chi connectivity index (χ1v) is 3.09. The van der Waals surface area contributed by atoms with Crippen molar-refractivity contribution >= 4 is 17.8 Å². The maximum Gasteiger partial charge on any atom is 0.271 e. The van der Waals surface area contributed by atoms with Crippen LogP contribution in [-0.2, 0) is 9.59 Å². The summed E-state index contributed by atoms with van der Waals surface area (Å²) in [5, 5.41) is 0. The lowest BCUT2D eigenvalue weighted by Gasteiger charge is -2.02. The molecule has 1 heterocycles. The van der Waals surface area contributed by atoms with Crippen LogP contribution in [-0.4, -0.2) is 17.8 Å². The van der Waals surface area contributed by atoms with Crippen molar-refractivity contribution in [3.63, 3.8) is 0 Å². The topological polar surface area (TPSA) is 58.9 Å². The molecule has 1 amide bonds. The van der Waals surface area contributed by atoms with E-state index in [0.29, 0.717) is 6.42 Å². The van der Waals surface area contributed by atoms with Crippen LogP contribution in [0.2, 0.25) is 0 Å². The summed E-state index contributed by atoms with van der Waals surface area (Å²) in [5.74, 6) is -0.118. The molecule has 1 aliphatic heterocycles. The number of carbonyl (C=O) groups is 1. The number of carbonyl (C=O) groups excluding carboxylic acids is 2. The van der Waals surface area contributed by atoms with E-state index in [1.54, 1.807) is 6.92 Å². The summed E-state index contributed by atoms with van der Waals surface area (Å²) in [6.45, 7) is 1.78. The second kappa shape index (κ2) is 3.03. The average Bonchev–Trinajstić information content (AvgIpc) is 1.85. The molecule has 0 aromatic rings. The van der Waals surface area contributed by atoms with Gasteiger partial charge in [0.15, 0.2) is 0 Å². The third-order valence-electron chi connectivity index (χ3n) is 1.22. The number of isocyanates is 1. The van der Waals surface area contributed by atoms with Crippen LogP contribution in [0.3, 0.4) is 0 Å². The first-order valence-electron chi connectivity index (χ1n) is 3.09. The fourth-order valence-corrected chi connectivity index (χ4v) is 0.827. The standard InChI is InChI=1S/C7H6N2O2/c1-5-2-6(8-4-10)9-7(11)3-5/h3H,2H2,1H3. The molecular formula is C7H6N2O2. The molecule has 0 fully saturated rings. The first-order chi connectivity index (χ1) is 5.22. The molecule has 0 saturated carbocycles. The highest BCUT2D eigenvalue weighted by molar-refractivity contribution is 6.05. The van der Waals surface area contributed by atoms with Crippen LogP contribution in [0.15, 0.2) is 21.6 Å². The summed E-state index contributed by atoms with van der Waals surface area (Å²) in [5.41, 5.74) is 0.860. The minimum absolute atomic E-state index is 0.241. The van der Waals surface area contributed by atoms with Gasteiger partial charge in [-0.3, -0.25) is 4.79 Å². The van der Waals surface area contributed by atoms with Crippen molar-refractivity contribution in [2.75, 3.05) is 0 Å². The van der Waals surface area contributed by atoms with E-state index in [4.69, 9.17) is 0 Å². The van der Waals surface area contributed by atoms with Crippen molar-refractivity contribution < 1.29 is 9.59 Å². The molecule has 56 valence electrons. The number of amidine groups is 1. The molecule has 4 heteroatoms. The van der Waals surface area contributed by atoms with Crippen molar-refractivity contribution in [1.29, 1.82) is 0 Å². The van der Waals surface area contributed by atoms with E-state index in [0.717, 1.165) is 5.57 Å². The van der Waals surface area contributed by atoms with Crippen molar-refractivity contribution in [2.45, 2.75) is 13.3 Å². The molecule has 1 aliphatic rings. The molecule has 0 bridgehead atoms. The fourth-order valence-electron chi connectivity index (χ4n) is 0.827.